The zero-order chi connectivity index (χ0) is 11.3. The Labute approximate surface area is 105 Å². The molecule has 15 heavy (non-hydrogen) atoms. The van der Waals surface area contributed by atoms with Crippen LogP contribution in [0.1, 0.15) is 33.1 Å². The van der Waals surface area contributed by atoms with Gasteiger partial charge in [-0.05, 0) is 35.3 Å². The van der Waals surface area contributed by atoms with Crippen molar-refractivity contribution in [2.75, 3.05) is 5.32 Å². The van der Waals surface area contributed by atoms with Gasteiger partial charge in [-0.3, -0.25) is 0 Å². The molecule has 1 heterocycles. The van der Waals surface area contributed by atoms with Crippen molar-refractivity contribution in [1.82, 2.24) is 4.98 Å². The SMILES string of the molecule is CCCCC(C)Nc1ncc(Br)cc1Cl. The van der Waals surface area contributed by atoms with Crippen molar-refractivity contribution in [3.05, 3.63) is 21.8 Å². The number of pyridine rings is 1. The molecule has 1 rings (SSSR count). The Morgan fingerprint density at radius 1 is 1.60 bits per heavy atom. The van der Waals surface area contributed by atoms with Crippen LogP contribution in [-0.2, 0) is 0 Å². The molecule has 2 nitrogen and oxygen atoms in total. The first-order valence-electron chi connectivity index (χ1n) is 5.21. The molecule has 0 radical (unpaired) electrons. The van der Waals surface area contributed by atoms with Gasteiger partial charge in [-0.2, -0.15) is 0 Å². The van der Waals surface area contributed by atoms with Gasteiger partial charge in [-0.15, -0.1) is 0 Å². The third-order valence-electron chi connectivity index (χ3n) is 2.18. The van der Waals surface area contributed by atoms with Gasteiger partial charge < -0.3 is 5.32 Å². The van der Waals surface area contributed by atoms with Gasteiger partial charge in [0.15, 0.2) is 0 Å². The van der Waals surface area contributed by atoms with Crippen LogP contribution in [0.3, 0.4) is 0 Å². The highest BCUT2D eigenvalue weighted by Gasteiger charge is 2.06. The highest BCUT2D eigenvalue weighted by molar-refractivity contribution is 9.10. The molecule has 1 aromatic rings. The summed E-state index contributed by atoms with van der Waals surface area (Å²) < 4.78 is 0.902. The average molecular weight is 292 g/mol. The van der Waals surface area contributed by atoms with Gasteiger partial charge in [-0.25, -0.2) is 4.98 Å². The fraction of sp³-hybridized carbons (Fsp3) is 0.545. The standard InChI is InChI=1S/C11H16BrClN2/c1-3-4-5-8(2)15-11-10(13)6-9(12)7-14-11/h6-8H,3-5H2,1-2H3,(H,14,15). The van der Waals surface area contributed by atoms with Gasteiger partial charge in [0.2, 0.25) is 0 Å². The van der Waals surface area contributed by atoms with Crippen LogP contribution >= 0.6 is 27.5 Å². The number of hydrogen-bond acceptors (Lipinski definition) is 2. The quantitative estimate of drug-likeness (QED) is 0.864. The predicted molar refractivity (Wildman–Crippen MR) is 69.6 cm³/mol. The Morgan fingerprint density at radius 2 is 2.33 bits per heavy atom. The van der Waals surface area contributed by atoms with Crippen LogP contribution in [0.2, 0.25) is 5.02 Å². The molecule has 84 valence electrons. The van der Waals surface area contributed by atoms with Crippen molar-refractivity contribution in [1.29, 1.82) is 0 Å². The van der Waals surface area contributed by atoms with Gasteiger partial charge in [-0.1, -0.05) is 31.4 Å². The molecule has 0 fully saturated rings. The van der Waals surface area contributed by atoms with E-state index >= 15 is 0 Å². The summed E-state index contributed by atoms with van der Waals surface area (Å²) in [6.07, 6.45) is 5.33. The minimum atomic E-state index is 0.413. The van der Waals surface area contributed by atoms with Crippen LogP contribution in [0.15, 0.2) is 16.7 Å². The molecular weight excluding hydrogens is 275 g/mol. The van der Waals surface area contributed by atoms with Crippen LogP contribution in [0.25, 0.3) is 0 Å². The maximum Gasteiger partial charge on any atom is 0.145 e. The van der Waals surface area contributed by atoms with Crippen LogP contribution in [0.4, 0.5) is 5.82 Å². The largest absolute Gasteiger partial charge is 0.366 e. The second-order valence-corrected chi connectivity index (χ2v) is 4.99. The summed E-state index contributed by atoms with van der Waals surface area (Å²) in [4.78, 5) is 4.24. The van der Waals surface area contributed by atoms with E-state index in [1.165, 1.54) is 12.8 Å². The van der Waals surface area contributed by atoms with E-state index in [2.05, 4.69) is 40.1 Å². The molecular formula is C11H16BrClN2. The number of rotatable bonds is 5. The van der Waals surface area contributed by atoms with E-state index in [9.17, 15) is 0 Å². The highest BCUT2D eigenvalue weighted by Crippen LogP contribution is 2.23. The van der Waals surface area contributed by atoms with Gasteiger partial charge >= 0.3 is 0 Å². The molecule has 0 saturated heterocycles. The van der Waals surface area contributed by atoms with Crippen molar-refractivity contribution in [3.63, 3.8) is 0 Å². The number of nitrogens with zero attached hydrogens (tertiary/aromatic N) is 1. The molecule has 0 aliphatic heterocycles. The summed E-state index contributed by atoms with van der Waals surface area (Å²) in [7, 11) is 0. The van der Waals surface area contributed by atoms with E-state index in [0.29, 0.717) is 11.1 Å². The average Bonchev–Trinajstić information content (AvgIpc) is 2.19. The fourth-order valence-corrected chi connectivity index (χ4v) is 2.02. The second kappa shape index (κ2) is 6.33. The molecule has 4 heteroatoms. The molecule has 1 unspecified atom stereocenters. The van der Waals surface area contributed by atoms with Crippen LogP contribution < -0.4 is 5.32 Å². The zero-order valence-corrected chi connectivity index (χ0v) is 11.4. The first kappa shape index (κ1) is 12.8. The normalized spacial score (nSPS) is 12.5. The molecule has 0 bridgehead atoms. The maximum absolute atomic E-state index is 6.05. The first-order valence-corrected chi connectivity index (χ1v) is 6.38. The molecule has 0 saturated carbocycles. The third kappa shape index (κ3) is 4.39. The lowest BCUT2D eigenvalue weighted by Crippen LogP contribution is -2.15. The summed E-state index contributed by atoms with van der Waals surface area (Å²) >= 11 is 9.38. The predicted octanol–water partition coefficient (Wildman–Crippen LogP) is 4.49. The molecule has 0 amide bonds. The molecule has 1 aromatic heterocycles. The zero-order valence-electron chi connectivity index (χ0n) is 9.06. The van der Waals surface area contributed by atoms with E-state index in [4.69, 9.17) is 11.6 Å². The van der Waals surface area contributed by atoms with Gasteiger partial charge in [0.1, 0.15) is 5.82 Å². The summed E-state index contributed by atoms with van der Waals surface area (Å²) in [6.45, 7) is 4.34. The molecule has 1 atom stereocenters. The van der Waals surface area contributed by atoms with Crippen LogP contribution in [0, 0.1) is 0 Å². The Hall–Kier alpha value is -0.280. The Morgan fingerprint density at radius 3 is 2.93 bits per heavy atom. The highest BCUT2D eigenvalue weighted by atomic mass is 79.9. The van der Waals surface area contributed by atoms with Crippen LogP contribution in [-0.4, -0.2) is 11.0 Å². The Balaban J connectivity index is 2.56. The van der Waals surface area contributed by atoms with Crippen molar-refractivity contribution in [3.8, 4) is 0 Å². The Kier molecular flexibility index (Phi) is 5.40. The van der Waals surface area contributed by atoms with Crippen LogP contribution in [0.5, 0.6) is 0 Å². The second-order valence-electron chi connectivity index (χ2n) is 3.67. The van der Waals surface area contributed by atoms with Crippen molar-refractivity contribution in [2.45, 2.75) is 39.2 Å². The van der Waals surface area contributed by atoms with E-state index in [1.54, 1.807) is 6.20 Å². The van der Waals surface area contributed by atoms with Gasteiger partial charge in [0.05, 0.1) is 5.02 Å². The maximum atomic E-state index is 6.05. The molecule has 1 N–H and O–H groups in total. The van der Waals surface area contributed by atoms with Crippen molar-refractivity contribution >= 4 is 33.3 Å². The minimum Gasteiger partial charge on any atom is -0.366 e. The number of unbranched alkanes of at least 4 members (excludes halogenated alkanes) is 1. The van der Waals surface area contributed by atoms with Gasteiger partial charge in [0, 0.05) is 16.7 Å². The van der Waals surface area contributed by atoms with Crippen molar-refractivity contribution < 1.29 is 0 Å². The number of anilines is 1. The summed E-state index contributed by atoms with van der Waals surface area (Å²) in [6, 6.07) is 2.26. The van der Waals surface area contributed by atoms with Crippen molar-refractivity contribution in [2.24, 2.45) is 0 Å². The number of nitrogens with one attached hydrogen (secondary N) is 1. The lowest BCUT2D eigenvalue weighted by Gasteiger charge is -2.14. The minimum absolute atomic E-state index is 0.413. The smallest absolute Gasteiger partial charge is 0.145 e. The molecule has 0 aromatic carbocycles. The third-order valence-corrected chi connectivity index (χ3v) is 2.90. The topological polar surface area (TPSA) is 24.9 Å². The molecule has 0 aliphatic rings. The van der Waals surface area contributed by atoms with Gasteiger partial charge in [0.25, 0.3) is 0 Å². The first-order chi connectivity index (χ1) is 7.13. The molecule has 0 spiro atoms. The number of hydrogen-bond donors (Lipinski definition) is 1. The summed E-state index contributed by atoms with van der Waals surface area (Å²) in [5.74, 6) is 0.767. The Bertz CT molecular complexity index is 317. The van der Waals surface area contributed by atoms with E-state index in [-0.39, 0.29) is 0 Å². The van der Waals surface area contributed by atoms with E-state index in [0.717, 1.165) is 16.7 Å². The lowest BCUT2D eigenvalue weighted by molar-refractivity contribution is 0.643. The lowest BCUT2D eigenvalue weighted by atomic mass is 10.1. The fourth-order valence-electron chi connectivity index (χ4n) is 1.34. The monoisotopic (exact) mass is 290 g/mol. The number of halogens is 2. The number of aromatic nitrogens is 1. The summed E-state index contributed by atoms with van der Waals surface area (Å²) in [5.41, 5.74) is 0. The van der Waals surface area contributed by atoms with E-state index < -0.39 is 0 Å². The molecule has 0 aliphatic carbocycles. The van der Waals surface area contributed by atoms with E-state index in [1.807, 2.05) is 6.07 Å². The summed E-state index contributed by atoms with van der Waals surface area (Å²) in [5, 5.41) is 3.97.